The Labute approximate surface area is 139 Å². The van der Waals surface area contributed by atoms with Crippen molar-refractivity contribution in [3.8, 4) is 11.3 Å². The van der Waals surface area contributed by atoms with Crippen LogP contribution in [0.4, 0.5) is 0 Å². The maximum Gasteiger partial charge on any atom is 0.0702 e. The molecule has 1 saturated carbocycles. The fourth-order valence-corrected chi connectivity index (χ4v) is 3.59. The number of nitrogens with zero attached hydrogens (tertiary/aromatic N) is 1. The van der Waals surface area contributed by atoms with Crippen LogP contribution < -0.4 is 0 Å². The largest absolute Gasteiger partial charge is 0.256 e. The second-order valence-electron chi connectivity index (χ2n) is 6.54. The van der Waals surface area contributed by atoms with Crippen molar-refractivity contribution in [1.82, 2.24) is 4.98 Å². The molecule has 1 heterocycles. The van der Waals surface area contributed by atoms with Gasteiger partial charge in [-0.2, -0.15) is 0 Å². The van der Waals surface area contributed by atoms with E-state index in [1.54, 1.807) is 0 Å². The van der Waals surface area contributed by atoms with E-state index in [2.05, 4.69) is 60.6 Å². The molecule has 2 aromatic rings. The lowest BCUT2D eigenvalue weighted by Gasteiger charge is -2.28. The van der Waals surface area contributed by atoms with Crippen molar-refractivity contribution in [3.63, 3.8) is 0 Å². The van der Waals surface area contributed by atoms with E-state index in [4.69, 9.17) is 0 Å². The molecule has 0 amide bonds. The molecule has 0 radical (unpaired) electrons. The van der Waals surface area contributed by atoms with Crippen LogP contribution in [0.15, 0.2) is 61.8 Å². The first-order valence-electron chi connectivity index (χ1n) is 8.60. The third kappa shape index (κ3) is 3.79. The summed E-state index contributed by atoms with van der Waals surface area (Å²) in [6.07, 6.45) is 12.2. The number of hydrogen-bond donors (Lipinski definition) is 0. The number of pyridine rings is 1. The molecule has 0 spiro atoms. The van der Waals surface area contributed by atoms with Gasteiger partial charge in [0.2, 0.25) is 0 Å². The van der Waals surface area contributed by atoms with Crippen molar-refractivity contribution >= 4 is 6.08 Å². The molecule has 1 aromatic carbocycles. The lowest BCUT2D eigenvalue weighted by Crippen LogP contribution is -2.12. The van der Waals surface area contributed by atoms with Crippen molar-refractivity contribution in [2.24, 2.45) is 5.92 Å². The molecule has 0 N–H and O–H groups in total. The number of allylic oxidation sites excluding steroid dienone is 1. The van der Waals surface area contributed by atoms with Gasteiger partial charge < -0.3 is 0 Å². The standard InChI is InChI=1S/C22H25N/c1-3-5-18-6-9-19(10-7-18)20-11-13-21(14-12-20)22-15-8-17(4-2)16-23-22/h3-4,8,11-16,18-19H,1-2,5-7,9-10H2. The SMILES string of the molecule is C=CCC1CCC(c2ccc(-c3ccc(C=C)cn3)cc2)CC1. The van der Waals surface area contributed by atoms with E-state index in [1.807, 2.05) is 12.3 Å². The van der Waals surface area contributed by atoms with Crippen LogP contribution in [-0.2, 0) is 0 Å². The summed E-state index contributed by atoms with van der Waals surface area (Å²) >= 11 is 0. The lowest BCUT2D eigenvalue weighted by atomic mass is 9.77. The Morgan fingerprint density at radius 2 is 1.70 bits per heavy atom. The van der Waals surface area contributed by atoms with Gasteiger partial charge in [0, 0.05) is 11.8 Å². The van der Waals surface area contributed by atoms with Gasteiger partial charge in [-0.05, 0) is 61.1 Å². The highest BCUT2D eigenvalue weighted by molar-refractivity contribution is 5.61. The highest BCUT2D eigenvalue weighted by Gasteiger charge is 2.21. The summed E-state index contributed by atoms with van der Waals surface area (Å²) in [5.41, 5.74) is 4.75. The molecule has 1 fully saturated rings. The number of aromatic nitrogens is 1. The minimum absolute atomic E-state index is 0.723. The highest BCUT2D eigenvalue weighted by Crippen LogP contribution is 2.37. The van der Waals surface area contributed by atoms with Gasteiger partial charge in [-0.15, -0.1) is 6.58 Å². The maximum absolute atomic E-state index is 4.51. The second kappa shape index (κ2) is 7.41. The van der Waals surface area contributed by atoms with Crippen LogP contribution >= 0.6 is 0 Å². The Balaban J connectivity index is 1.67. The molecular weight excluding hydrogens is 278 g/mol. The number of rotatable bonds is 5. The topological polar surface area (TPSA) is 12.9 Å². The molecule has 0 unspecified atom stereocenters. The van der Waals surface area contributed by atoms with E-state index < -0.39 is 0 Å². The Morgan fingerprint density at radius 1 is 0.957 bits per heavy atom. The van der Waals surface area contributed by atoms with Crippen molar-refractivity contribution in [2.75, 3.05) is 0 Å². The van der Waals surface area contributed by atoms with Crippen LogP contribution in [0.1, 0.15) is 49.1 Å². The van der Waals surface area contributed by atoms with Crippen molar-refractivity contribution in [3.05, 3.63) is 73.0 Å². The first kappa shape index (κ1) is 15.7. The molecule has 1 heteroatoms. The van der Waals surface area contributed by atoms with E-state index in [-0.39, 0.29) is 0 Å². The molecule has 23 heavy (non-hydrogen) atoms. The zero-order valence-electron chi connectivity index (χ0n) is 13.7. The predicted molar refractivity (Wildman–Crippen MR) is 99.3 cm³/mol. The summed E-state index contributed by atoms with van der Waals surface area (Å²) in [5.74, 6) is 1.58. The van der Waals surface area contributed by atoms with Gasteiger partial charge in [0.1, 0.15) is 0 Å². The third-order valence-electron chi connectivity index (χ3n) is 5.05. The van der Waals surface area contributed by atoms with Gasteiger partial charge in [0.25, 0.3) is 0 Å². The first-order valence-corrected chi connectivity index (χ1v) is 8.60. The van der Waals surface area contributed by atoms with Gasteiger partial charge >= 0.3 is 0 Å². The minimum atomic E-state index is 0.723. The van der Waals surface area contributed by atoms with E-state index >= 15 is 0 Å². The molecule has 1 nitrogen and oxygen atoms in total. The Morgan fingerprint density at radius 3 is 2.26 bits per heavy atom. The van der Waals surface area contributed by atoms with E-state index in [0.717, 1.165) is 23.1 Å². The minimum Gasteiger partial charge on any atom is -0.256 e. The summed E-state index contributed by atoms with van der Waals surface area (Å²) in [7, 11) is 0. The molecule has 0 atom stereocenters. The molecule has 0 aliphatic heterocycles. The van der Waals surface area contributed by atoms with Crippen molar-refractivity contribution < 1.29 is 0 Å². The van der Waals surface area contributed by atoms with Gasteiger partial charge in [0.15, 0.2) is 0 Å². The smallest absolute Gasteiger partial charge is 0.0702 e. The summed E-state index contributed by atoms with van der Waals surface area (Å²) < 4.78 is 0. The molecule has 1 aliphatic carbocycles. The zero-order chi connectivity index (χ0) is 16.1. The maximum atomic E-state index is 4.51. The number of benzene rings is 1. The highest BCUT2D eigenvalue weighted by atomic mass is 14.7. The third-order valence-corrected chi connectivity index (χ3v) is 5.05. The van der Waals surface area contributed by atoms with Crippen LogP contribution in [-0.4, -0.2) is 4.98 Å². The Bertz CT molecular complexity index is 643. The molecular formula is C22H25N. The molecule has 0 bridgehead atoms. The van der Waals surface area contributed by atoms with Crippen molar-refractivity contribution in [1.29, 1.82) is 0 Å². The molecule has 1 aliphatic rings. The quantitative estimate of drug-likeness (QED) is 0.596. The van der Waals surface area contributed by atoms with E-state index in [9.17, 15) is 0 Å². The molecule has 118 valence electrons. The second-order valence-corrected chi connectivity index (χ2v) is 6.54. The van der Waals surface area contributed by atoms with Crippen LogP contribution in [0.3, 0.4) is 0 Å². The van der Waals surface area contributed by atoms with E-state index in [0.29, 0.717) is 0 Å². The Hall–Kier alpha value is -2.15. The molecule has 3 rings (SSSR count). The van der Waals surface area contributed by atoms with Crippen molar-refractivity contribution in [2.45, 2.75) is 38.0 Å². The normalized spacial score (nSPS) is 20.9. The summed E-state index contributed by atoms with van der Waals surface area (Å²) in [4.78, 5) is 4.51. The van der Waals surface area contributed by atoms with Crippen LogP contribution in [0, 0.1) is 5.92 Å². The van der Waals surface area contributed by atoms with E-state index in [1.165, 1.54) is 43.2 Å². The Kier molecular flexibility index (Phi) is 5.07. The summed E-state index contributed by atoms with van der Waals surface area (Å²) in [6, 6.07) is 13.1. The van der Waals surface area contributed by atoms with Crippen LogP contribution in [0.2, 0.25) is 0 Å². The summed E-state index contributed by atoms with van der Waals surface area (Å²) in [6.45, 7) is 7.64. The predicted octanol–water partition coefficient (Wildman–Crippen LogP) is 6.24. The zero-order valence-corrected chi connectivity index (χ0v) is 13.7. The number of hydrogen-bond acceptors (Lipinski definition) is 1. The van der Waals surface area contributed by atoms with Gasteiger partial charge in [-0.1, -0.05) is 49.1 Å². The fourth-order valence-electron chi connectivity index (χ4n) is 3.59. The van der Waals surface area contributed by atoms with Crippen LogP contribution in [0.25, 0.3) is 17.3 Å². The fraction of sp³-hybridized carbons (Fsp3) is 0.318. The average molecular weight is 303 g/mol. The van der Waals surface area contributed by atoms with Gasteiger partial charge in [-0.3, -0.25) is 4.98 Å². The summed E-state index contributed by atoms with van der Waals surface area (Å²) in [5, 5.41) is 0. The van der Waals surface area contributed by atoms with Gasteiger partial charge in [0.05, 0.1) is 5.69 Å². The molecule has 0 saturated heterocycles. The van der Waals surface area contributed by atoms with Gasteiger partial charge in [-0.25, -0.2) is 0 Å². The average Bonchev–Trinajstić information content (AvgIpc) is 2.63. The lowest BCUT2D eigenvalue weighted by molar-refractivity contribution is 0.328. The monoisotopic (exact) mass is 303 g/mol. The molecule has 1 aromatic heterocycles. The first-order chi connectivity index (χ1) is 11.3. The van der Waals surface area contributed by atoms with Crippen LogP contribution in [0.5, 0.6) is 0 Å².